The predicted molar refractivity (Wildman–Crippen MR) is 87.5 cm³/mol. The molecule has 0 fully saturated rings. The minimum Gasteiger partial charge on any atom is -0.478 e. The molecule has 0 spiro atoms. The van der Waals surface area contributed by atoms with Crippen molar-refractivity contribution in [3.63, 3.8) is 0 Å². The van der Waals surface area contributed by atoms with E-state index in [4.69, 9.17) is 5.11 Å². The Hall–Kier alpha value is -2.70. The van der Waals surface area contributed by atoms with Gasteiger partial charge < -0.3 is 10.4 Å². The third-order valence-electron chi connectivity index (χ3n) is 4.09. The van der Waals surface area contributed by atoms with Crippen molar-refractivity contribution in [3.8, 4) is 0 Å². The molecule has 0 unspecified atom stereocenters. The van der Waals surface area contributed by atoms with E-state index in [0.717, 1.165) is 35.2 Å². The quantitative estimate of drug-likeness (QED) is 0.881. The van der Waals surface area contributed by atoms with Gasteiger partial charge in [-0.2, -0.15) is 5.10 Å². The second-order valence-corrected chi connectivity index (χ2v) is 5.87. The molecule has 0 radical (unpaired) electrons. The van der Waals surface area contributed by atoms with Crippen molar-refractivity contribution in [3.05, 3.63) is 46.5 Å². The highest BCUT2D eigenvalue weighted by molar-refractivity contribution is 5.95. The van der Waals surface area contributed by atoms with Crippen LogP contribution in [0.5, 0.6) is 0 Å². The van der Waals surface area contributed by atoms with Crippen LogP contribution >= 0.6 is 0 Å². The Bertz CT molecular complexity index is 799. The Morgan fingerprint density at radius 2 is 2.04 bits per heavy atom. The number of nitrogens with one attached hydrogen (secondary N) is 1. The molecule has 2 rings (SSSR count). The molecule has 7 heteroatoms. The number of carbonyl (C=O) groups excluding carboxylic acids is 1. The number of nitrogens with zero attached hydrogens (tertiary/aromatic N) is 2. The zero-order valence-corrected chi connectivity index (χ0v) is 14.1. The molecule has 24 heavy (non-hydrogen) atoms. The van der Waals surface area contributed by atoms with Gasteiger partial charge in [0.1, 0.15) is 5.82 Å². The van der Waals surface area contributed by atoms with E-state index in [0.29, 0.717) is 6.42 Å². The molecule has 6 nitrogen and oxygen atoms in total. The number of carboxylic acids is 1. The Balaban J connectivity index is 2.15. The molecule has 1 atom stereocenters. The van der Waals surface area contributed by atoms with Gasteiger partial charge in [-0.3, -0.25) is 9.48 Å². The number of carboxylic acid groups (broad SMARTS) is 1. The number of hydrogen-bond acceptors (Lipinski definition) is 3. The number of benzene rings is 1. The summed E-state index contributed by atoms with van der Waals surface area (Å²) in [4.78, 5) is 23.3. The Labute approximate surface area is 139 Å². The van der Waals surface area contributed by atoms with Crippen molar-refractivity contribution in [2.24, 2.45) is 13.0 Å². The summed E-state index contributed by atoms with van der Waals surface area (Å²) in [7, 11) is 1.84. The first-order valence-electron chi connectivity index (χ1n) is 7.53. The molecule has 1 aromatic carbocycles. The number of rotatable bonds is 5. The SMILES string of the molecule is Cc1nn(C)c(C)c1C[C@@H](C)C(=O)Nc1cc(C(=O)O)ccc1F. The third-order valence-corrected chi connectivity index (χ3v) is 4.09. The highest BCUT2D eigenvalue weighted by Gasteiger charge is 2.20. The number of aromatic nitrogens is 2. The van der Waals surface area contributed by atoms with Crippen LogP contribution in [0.2, 0.25) is 0 Å². The highest BCUT2D eigenvalue weighted by atomic mass is 19.1. The van der Waals surface area contributed by atoms with Crippen LogP contribution in [0.4, 0.5) is 10.1 Å². The molecule has 0 saturated heterocycles. The fourth-order valence-corrected chi connectivity index (χ4v) is 2.52. The van der Waals surface area contributed by atoms with Gasteiger partial charge in [0, 0.05) is 18.7 Å². The van der Waals surface area contributed by atoms with Crippen LogP contribution in [-0.2, 0) is 18.3 Å². The zero-order valence-electron chi connectivity index (χ0n) is 14.1. The standard InChI is InChI=1S/C17H20FN3O3/c1-9(7-13-10(2)20-21(4)11(13)3)16(22)19-15-8-12(17(23)24)5-6-14(15)18/h5-6,8-9H,7H2,1-4H3,(H,19,22)(H,23,24)/t9-/m1/s1. The summed E-state index contributed by atoms with van der Waals surface area (Å²) in [6.07, 6.45) is 0.470. The molecular weight excluding hydrogens is 313 g/mol. The number of hydrogen-bond donors (Lipinski definition) is 2. The minimum atomic E-state index is -1.18. The third kappa shape index (κ3) is 3.61. The smallest absolute Gasteiger partial charge is 0.335 e. The molecule has 1 amide bonds. The highest BCUT2D eigenvalue weighted by Crippen LogP contribution is 2.20. The molecule has 0 aliphatic carbocycles. The molecule has 128 valence electrons. The molecule has 2 aromatic rings. The van der Waals surface area contributed by atoms with E-state index in [-0.39, 0.29) is 17.2 Å². The maximum atomic E-state index is 13.8. The predicted octanol–water partition coefficient (Wildman–Crippen LogP) is 2.69. The second-order valence-electron chi connectivity index (χ2n) is 5.87. The Morgan fingerprint density at radius 3 is 2.58 bits per heavy atom. The van der Waals surface area contributed by atoms with Gasteiger partial charge in [-0.25, -0.2) is 9.18 Å². The van der Waals surface area contributed by atoms with Crippen LogP contribution in [0.1, 0.15) is 34.2 Å². The van der Waals surface area contributed by atoms with Gasteiger partial charge in [0.25, 0.3) is 0 Å². The van der Waals surface area contributed by atoms with Gasteiger partial charge in [-0.15, -0.1) is 0 Å². The average Bonchev–Trinajstić information content (AvgIpc) is 2.75. The van der Waals surface area contributed by atoms with E-state index in [9.17, 15) is 14.0 Å². The zero-order chi connectivity index (χ0) is 18.0. The summed E-state index contributed by atoms with van der Waals surface area (Å²) in [5.41, 5.74) is 2.60. The maximum Gasteiger partial charge on any atom is 0.335 e. The summed E-state index contributed by atoms with van der Waals surface area (Å²) in [5.74, 6) is -2.65. The second kappa shape index (κ2) is 6.82. The number of anilines is 1. The number of amides is 1. The van der Waals surface area contributed by atoms with Crippen LogP contribution in [-0.4, -0.2) is 26.8 Å². The first-order chi connectivity index (χ1) is 11.2. The van der Waals surface area contributed by atoms with Gasteiger partial charge in [0.15, 0.2) is 0 Å². The summed E-state index contributed by atoms with van der Waals surface area (Å²) in [5, 5.41) is 15.7. The van der Waals surface area contributed by atoms with E-state index in [1.807, 2.05) is 20.9 Å². The van der Waals surface area contributed by atoms with E-state index in [1.165, 1.54) is 0 Å². The van der Waals surface area contributed by atoms with Crippen LogP contribution in [0.25, 0.3) is 0 Å². The Kier molecular flexibility index (Phi) is 5.02. The van der Waals surface area contributed by atoms with Gasteiger partial charge >= 0.3 is 5.97 Å². The minimum absolute atomic E-state index is 0.0849. The van der Waals surface area contributed by atoms with Crippen LogP contribution in [0, 0.1) is 25.6 Å². The normalized spacial score (nSPS) is 12.0. The van der Waals surface area contributed by atoms with Crippen molar-refractivity contribution >= 4 is 17.6 Å². The van der Waals surface area contributed by atoms with E-state index >= 15 is 0 Å². The summed E-state index contributed by atoms with van der Waals surface area (Å²) < 4.78 is 15.5. The summed E-state index contributed by atoms with van der Waals surface area (Å²) >= 11 is 0. The van der Waals surface area contributed by atoms with E-state index in [2.05, 4.69) is 10.4 Å². The fraction of sp³-hybridized carbons (Fsp3) is 0.353. The lowest BCUT2D eigenvalue weighted by molar-refractivity contribution is -0.119. The first kappa shape index (κ1) is 17.7. The van der Waals surface area contributed by atoms with Crippen molar-refractivity contribution < 1.29 is 19.1 Å². The van der Waals surface area contributed by atoms with Gasteiger partial charge in [0.05, 0.1) is 16.9 Å². The maximum absolute atomic E-state index is 13.8. The lowest BCUT2D eigenvalue weighted by atomic mass is 9.98. The first-order valence-corrected chi connectivity index (χ1v) is 7.53. The monoisotopic (exact) mass is 333 g/mol. The van der Waals surface area contributed by atoms with Crippen molar-refractivity contribution in [2.45, 2.75) is 27.2 Å². The van der Waals surface area contributed by atoms with E-state index < -0.39 is 17.7 Å². The molecule has 0 saturated carbocycles. The summed E-state index contributed by atoms with van der Waals surface area (Å²) in [6, 6.07) is 3.29. The summed E-state index contributed by atoms with van der Waals surface area (Å²) in [6.45, 7) is 5.54. The van der Waals surface area contributed by atoms with Crippen LogP contribution in [0.15, 0.2) is 18.2 Å². The van der Waals surface area contributed by atoms with Crippen LogP contribution < -0.4 is 5.32 Å². The van der Waals surface area contributed by atoms with Crippen molar-refractivity contribution in [1.29, 1.82) is 0 Å². The fourth-order valence-electron chi connectivity index (χ4n) is 2.52. The molecule has 0 bridgehead atoms. The lowest BCUT2D eigenvalue weighted by Crippen LogP contribution is -2.23. The van der Waals surface area contributed by atoms with Gasteiger partial charge in [-0.1, -0.05) is 6.92 Å². The topological polar surface area (TPSA) is 84.2 Å². The molecule has 2 N–H and O–H groups in total. The molecule has 0 aliphatic heterocycles. The number of carbonyl (C=O) groups is 2. The largest absolute Gasteiger partial charge is 0.478 e. The lowest BCUT2D eigenvalue weighted by Gasteiger charge is -2.13. The van der Waals surface area contributed by atoms with Gasteiger partial charge in [-0.05, 0) is 44.0 Å². The van der Waals surface area contributed by atoms with Crippen molar-refractivity contribution in [2.75, 3.05) is 5.32 Å². The molecule has 0 aliphatic rings. The van der Waals surface area contributed by atoms with Crippen LogP contribution in [0.3, 0.4) is 0 Å². The molecule has 1 heterocycles. The van der Waals surface area contributed by atoms with E-state index in [1.54, 1.807) is 11.6 Å². The molecule has 1 aromatic heterocycles. The molecular formula is C17H20FN3O3. The number of halogens is 1. The average molecular weight is 333 g/mol. The number of aromatic carboxylic acids is 1. The number of aryl methyl sites for hydroxylation is 2. The van der Waals surface area contributed by atoms with Gasteiger partial charge in [0.2, 0.25) is 5.91 Å². The Morgan fingerprint density at radius 1 is 1.38 bits per heavy atom. The van der Waals surface area contributed by atoms with Crippen molar-refractivity contribution in [1.82, 2.24) is 9.78 Å².